The fraction of sp³-hybridized carbons (Fsp3) is 0.647. The van der Waals surface area contributed by atoms with Crippen molar-refractivity contribution in [2.24, 2.45) is 5.92 Å². The van der Waals surface area contributed by atoms with Crippen LogP contribution in [0.3, 0.4) is 0 Å². The first-order valence-corrected chi connectivity index (χ1v) is 8.88. The number of nitrogens with zero attached hydrogens (tertiary/aromatic N) is 1. The lowest BCUT2D eigenvalue weighted by Gasteiger charge is -2.31. The summed E-state index contributed by atoms with van der Waals surface area (Å²) in [7, 11) is 0. The molecule has 0 aromatic heterocycles. The fourth-order valence-corrected chi connectivity index (χ4v) is 2.98. The van der Waals surface area contributed by atoms with Gasteiger partial charge in [-0.1, -0.05) is 22.9 Å². The van der Waals surface area contributed by atoms with Crippen molar-refractivity contribution >= 4 is 15.9 Å². The molecule has 0 spiro atoms. The van der Waals surface area contributed by atoms with Crippen LogP contribution < -0.4 is 10.1 Å². The Bertz CT molecular complexity index is 388. The van der Waals surface area contributed by atoms with Crippen LogP contribution in [0.2, 0.25) is 0 Å². The van der Waals surface area contributed by atoms with E-state index in [2.05, 4.69) is 33.1 Å². The molecule has 0 aliphatic carbocycles. The lowest BCUT2D eigenvalue weighted by Crippen LogP contribution is -2.39. The van der Waals surface area contributed by atoms with Crippen molar-refractivity contribution < 1.29 is 4.74 Å². The molecule has 21 heavy (non-hydrogen) atoms. The van der Waals surface area contributed by atoms with E-state index in [9.17, 15) is 0 Å². The van der Waals surface area contributed by atoms with Gasteiger partial charge in [-0.3, -0.25) is 4.90 Å². The largest absolute Gasteiger partial charge is 0.492 e. The number of hydrogen-bond acceptors (Lipinski definition) is 3. The van der Waals surface area contributed by atoms with Crippen LogP contribution in [-0.4, -0.2) is 44.2 Å². The Kier molecular flexibility index (Phi) is 7.54. The quantitative estimate of drug-likeness (QED) is 0.722. The molecule has 1 aromatic rings. The van der Waals surface area contributed by atoms with Crippen molar-refractivity contribution in [1.82, 2.24) is 10.2 Å². The van der Waals surface area contributed by atoms with E-state index in [0.29, 0.717) is 0 Å². The van der Waals surface area contributed by atoms with Crippen LogP contribution in [0.25, 0.3) is 0 Å². The molecule has 0 bridgehead atoms. The van der Waals surface area contributed by atoms with Gasteiger partial charge in [0, 0.05) is 11.0 Å². The van der Waals surface area contributed by atoms with E-state index < -0.39 is 0 Å². The molecule has 1 aliphatic rings. The third-order valence-corrected chi connectivity index (χ3v) is 4.59. The smallest absolute Gasteiger partial charge is 0.119 e. The molecule has 0 amide bonds. The van der Waals surface area contributed by atoms with Crippen LogP contribution in [0.5, 0.6) is 5.75 Å². The van der Waals surface area contributed by atoms with Crippen LogP contribution in [0.4, 0.5) is 0 Å². The van der Waals surface area contributed by atoms with Gasteiger partial charge in [0.2, 0.25) is 0 Å². The second-order valence-electron chi connectivity index (χ2n) is 5.79. The van der Waals surface area contributed by atoms with Crippen molar-refractivity contribution in [3.63, 3.8) is 0 Å². The molecule has 1 aliphatic heterocycles. The van der Waals surface area contributed by atoms with E-state index >= 15 is 0 Å². The Morgan fingerprint density at radius 3 is 2.62 bits per heavy atom. The molecule has 0 atom stereocenters. The van der Waals surface area contributed by atoms with Crippen molar-refractivity contribution in [3.05, 3.63) is 28.7 Å². The predicted molar refractivity (Wildman–Crippen MR) is 92.0 cm³/mol. The molecule has 2 rings (SSSR count). The molecule has 1 fully saturated rings. The second kappa shape index (κ2) is 9.44. The minimum Gasteiger partial charge on any atom is -0.492 e. The maximum Gasteiger partial charge on any atom is 0.119 e. The third-order valence-electron chi connectivity index (χ3n) is 4.06. The van der Waals surface area contributed by atoms with E-state index in [1.165, 1.54) is 38.9 Å². The monoisotopic (exact) mass is 354 g/mol. The third kappa shape index (κ3) is 6.37. The molecule has 118 valence electrons. The molecule has 1 saturated heterocycles. The summed E-state index contributed by atoms with van der Waals surface area (Å²) in [5, 5.41) is 3.54. The minimum absolute atomic E-state index is 0.778. The minimum atomic E-state index is 0.778. The van der Waals surface area contributed by atoms with Crippen molar-refractivity contribution in [1.29, 1.82) is 0 Å². The highest BCUT2D eigenvalue weighted by Gasteiger charge is 2.18. The van der Waals surface area contributed by atoms with E-state index in [1.807, 2.05) is 24.3 Å². The number of rotatable bonds is 8. The summed E-state index contributed by atoms with van der Waals surface area (Å²) in [5.41, 5.74) is 0. The average molecular weight is 355 g/mol. The predicted octanol–water partition coefficient (Wildman–Crippen LogP) is 3.54. The molecule has 3 nitrogen and oxygen atoms in total. The van der Waals surface area contributed by atoms with Gasteiger partial charge in [-0.05, 0) is 75.6 Å². The summed E-state index contributed by atoms with van der Waals surface area (Å²) in [5.74, 6) is 1.82. The van der Waals surface area contributed by atoms with Gasteiger partial charge in [-0.15, -0.1) is 0 Å². The number of halogens is 1. The van der Waals surface area contributed by atoms with Crippen LogP contribution in [0, 0.1) is 5.92 Å². The van der Waals surface area contributed by atoms with E-state index in [-0.39, 0.29) is 0 Å². The normalized spacial score (nSPS) is 17.0. The Morgan fingerprint density at radius 1 is 1.24 bits per heavy atom. The zero-order valence-electron chi connectivity index (χ0n) is 13.0. The van der Waals surface area contributed by atoms with Crippen LogP contribution in [0.1, 0.15) is 26.2 Å². The Labute approximate surface area is 137 Å². The second-order valence-corrected chi connectivity index (χ2v) is 6.71. The van der Waals surface area contributed by atoms with Gasteiger partial charge in [-0.2, -0.15) is 0 Å². The Balaban J connectivity index is 1.57. The molecule has 4 heteroatoms. The summed E-state index contributed by atoms with van der Waals surface area (Å²) in [4.78, 5) is 2.52. The topological polar surface area (TPSA) is 24.5 Å². The lowest BCUT2D eigenvalue weighted by molar-refractivity contribution is 0.154. The maximum atomic E-state index is 5.80. The Morgan fingerprint density at radius 2 is 1.95 bits per heavy atom. The first-order chi connectivity index (χ1) is 10.3. The van der Waals surface area contributed by atoms with Gasteiger partial charge in [-0.25, -0.2) is 0 Å². The zero-order valence-corrected chi connectivity index (χ0v) is 14.6. The molecule has 1 N–H and O–H groups in total. The lowest BCUT2D eigenvalue weighted by atomic mass is 9.97. The van der Waals surface area contributed by atoms with Crippen LogP contribution >= 0.6 is 15.9 Å². The van der Waals surface area contributed by atoms with E-state index in [1.54, 1.807) is 0 Å². The summed E-state index contributed by atoms with van der Waals surface area (Å²) in [6.45, 7) is 8.80. The first kappa shape index (κ1) is 16.8. The van der Waals surface area contributed by atoms with Gasteiger partial charge in [0.25, 0.3) is 0 Å². The molecular formula is C17H27BrN2O. The molecular weight excluding hydrogens is 328 g/mol. The summed E-state index contributed by atoms with van der Waals surface area (Å²) in [6.07, 6.45) is 3.86. The average Bonchev–Trinajstić information content (AvgIpc) is 2.51. The summed E-state index contributed by atoms with van der Waals surface area (Å²) >= 11 is 3.44. The highest BCUT2D eigenvalue weighted by Crippen LogP contribution is 2.18. The van der Waals surface area contributed by atoms with Crippen LogP contribution in [-0.2, 0) is 0 Å². The van der Waals surface area contributed by atoms with E-state index in [4.69, 9.17) is 4.74 Å². The SMILES string of the molecule is CCCNCC1CCN(CCOc2ccc(Br)cc2)CC1. The van der Waals surface area contributed by atoms with E-state index in [0.717, 1.165) is 35.8 Å². The number of ether oxygens (including phenoxy) is 1. The van der Waals surface area contributed by atoms with Gasteiger partial charge >= 0.3 is 0 Å². The van der Waals surface area contributed by atoms with Crippen molar-refractivity contribution in [3.8, 4) is 5.75 Å². The standard InChI is InChI=1S/C17H27BrN2O/c1-2-9-19-14-15-7-10-20(11-8-15)12-13-21-17-5-3-16(18)4-6-17/h3-6,15,19H,2,7-14H2,1H3. The molecule has 1 heterocycles. The van der Waals surface area contributed by atoms with Crippen LogP contribution in [0.15, 0.2) is 28.7 Å². The van der Waals surface area contributed by atoms with Gasteiger partial charge in [0.1, 0.15) is 12.4 Å². The highest BCUT2D eigenvalue weighted by molar-refractivity contribution is 9.10. The fourth-order valence-electron chi connectivity index (χ4n) is 2.72. The van der Waals surface area contributed by atoms with Gasteiger partial charge in [0.15, 0.2) is 0 Å². The number of hydrogen-bond donors (Lipinski definition) is 1. The molecule has 0 radical (unpaired) electrons. The molecule has 1 aromatic carbocycles. The zero-order chi connectivity index (χ0) is 14.9. The molecule has 0 saturated carbocycles. The van der Waals surface area contributed by atoms with Crippen molar-refractivity contribution in [2.75, 3.05) is 39.3 Å². The first-order valence-electron chi connectivity index (χ1n) is 8.09. The number of likely N-dealkylation sites (tertiary alicyclic amines) is 1. The van der Waals surface area contributed by atoms with Crippen molar-refractivity contribution in [2.45, 2.75) is 26.2 Å². The number of nitrogens with one attached hydrogen (secondary N) is 1. The maximum absolute atomic E-state index is 5.80. The Hall–Kier alpha value is -0.580. The number of piperidine rings is 1. The highest BCUT2D eigenvalue weighted by atomic mass is 79.9. The number of benzene rings is 1. The summed E-state index contributed by atoms with van der Waals surface area (Å²) < 4.78 is 6.89. The van der Waals surface area contributed by atoms with Gasteiger partial charge in [0.05, 0.1) is 0 Å². The van der Waals surface area contributed by atoms with Gasteiger partial charge < -0.3 is 10.1 Å². The summed E-state index contributed by atoms with van der Waals surface area (Å²) in [6, 6.07) is 8.06. The molecule has 0 unspecified atom stereocenters.